The van der Waals surface area contributed by atoms with Crippen molar-refractivity contribution in [2.24, 2.45) is 0 Å². The molecule has 1 atom stereocenters. The molecule has 1 aliphatic rings. The molecule has 8 heteroatoms. The van der Waals surface area contributed by atoms with Crippen LogP contribution in [0.15, 0.2) is 40.8 Å². The summed E-state index contributed by atoms with van der Waals surface area (Å²) in [6, 6.07) is 9.79. The Labute approximate surface area is 204 Å². The Bertz CT molecular complexity index is 1250. The number of rotatable bonds is 5. The Morgan fingerprint density at radius 3 is 2.40 bits per heavy atom. The number of aromatic nitrogens is 1. The number of furan rings is 1. The van der Waals surface area contributed by atoms with Crippen molar-refractivity contribution in [3.8, 4) is 11.3 Å². The van der Waals surface area contributed by atoms with Gasteiger partial charge in [0.2, 0.25) is 0 Å². The zero-order valence-electron chi connectivity index (χ0n) is 21.1. The van der Waals surface area contributed by atoms with Crippen LogP contribution in [0.4, 0.5) is 4.39 Å². The fourth-order valence-corrected chi connectivity index (χ4v) is 4.56. The van der Waals surface area contributed by atoms with Crippen molar-refractivity contribution in [2.75, 3.05) is 26.7 Å². The van der Waals surface area contributed by atoms with Crippen LogP contribution in [-0.4, -0.2) is 65.0 Å². The molecule has 0 radical (unpaired) electrons. The molecule has 0 saturated carbocycles. The molecule has 186 valence electrons. The van der Waals surface area contributed by atoms with Crippen molar-refractivity contribution in [3.05, 3.63) is 53.5 Å². The first-order valence-corrected chi connectivity index (χ1v) is 11.9. The fourth-order valence-electron chi connectivity index (χ4n) is 4.56. The summed E-state index contributed by atoms with van der Waals surface area (Å²) in [5.41, 5.74) is 2.98. The number of ether oxygens (including phenoxy) is 1. The number of carbonyl (C=O) groups is 2. The van der Waals surface area contributed by atoms with Gasteiger partial charge in [-0.3, -0.25) is 9.59 Å². The molecule has 0 aliphatic carbocycles. The average molecular weight is 482 g/mol. The van der Waals surface area contributed by atoms with Crippen LogP contribution in [-0.2, 0) is 9.53 Å². The summed E-state index contributed by atoms with van der Waals surface area (Å²) in [6.45, 7) is 10.9. The minimum Gasteiger partial charge on any atom is -0.449 e. The predicted molar refractivity (Wildman–Crippen MR) is 132 cm³/mol. The van der Waals surface area contributed by atoms with E-state index in [4.69, 9.17) is 14.1 Å². The number of hydrogen-bond donors (Lipinski definition) is 0. The SMILES string of the molecule is CO[C@H](C)C(=O)N1CCN(C(=O)c2cc3nc(-c4ccc(F)cc4)cc(C(C)C)c3o2)C(C)(C)C1. The molecule has 35 heavy (non-hydrogen) atoms. The van der Waals surface area contributed by atoms with Gasteiger partial charge in [0.1, 0.15) is 17.4 Å². The Kier molecular flexibility index (Phi) is 6.68. The summed E-state index contributed by atoms with van der Waals surface area (Å²) in [6.07, 6.45) is -0.528. The topological polar surface area (TPSA) is 75.9 Å². The molecule has 0 bridgehead atoms. The monoisotopic (exact) mass is 481 g/mol. The molecule has 1 saturated heterocycles. The van der Waals surface area contributed by atoms with Crippen LogP contribution in [0.3, 0.4) is 0 Å². The molecular weight excluding hydrogens is 449 g/mol. The third-order valence-corrected chi connectivity index (χ3v) is 6.64. The van der Waals surface area contributed by atoms with Crippen LogP contribution in [0.2, 0.25) is 0 Å². The van der Waals surface area contributed by atoms with Crippen molar-refractivity contribution in [3.63, 3.8) is 0 Å². The Balaban J connectivity index is 1.66. The van der Waals surface area contributed by atoms with Crippen molar-refractivity contribution in [1.29, 1.82) is 0 Å². The number of piperazine rings is 1. The quantitative estimate of drug-likeness (QED) is 0.521. The van der Waals surface area contributed by atoms with E-state index in [0.717, 1.165) is 11.1 Å². The molecule has 1 fully saturated rings. The van der Waals surface area contributed by atoms with Crippen molar-refractivity contribution >= 4 is 22.9 Å². The van der Waals surface area contributed by atoms with Crippen molar-refractivity contribution < 1.29 is 23.1 Å². The van der Waals surface area contributed by atoms with E-state index in [1.807, 2.05) is 33.8 Å². The maximum Gasteiger partial charge on any atom is 0.290 e. The third kappa shape index (κ3) is 4.80. The number of halogens is 1. The lowest BCUT2D eigenvalue weighted by molar-refractivity contribution is -0.145. The normalized spacial score (nSPS) is 16.7. The maximum atomic E-state index is 13.6. The molecule has 2 amide bonds. The second-order valence-corrected chi connectivity index (χ2v) is 9.99. The Morgan fingerprint density at radius 1 is 1.11 bits per heavy atom. The van der Waals surface area contributed by atoms with Gasteiger partial charge in [0.15, 0.2) is 11.3 Å². The molecule has 7 nitrogen and oxygen atoms in total. The molecule has 1 aromatic carbocycles. The Morgan fingerprint density at radius 2 is 1.80 bits per heavy atom. The van der Waals surface area contributed by atoms with Gasteiger partial charge < -0.3 is 19.0 Å². The lowest BCUT2D eigenvalue weighted by Crippen LogP contribution is -2.63. The van der Waals surface area contributed by atoms with Crippen molar-refractivity contribution in [2.45, 2.75) is 52.2 Å². The minimum absolute atomic E-state index is 0.0875. The molecule has 2 aromatic heterocycles. The van der Waals surface area contributed by atoms with Gasteiger partial charge in [0.05, 0.1) is 11.2 Å². The number of amides is 2. The highest BCUT2D eigenvalue weighted by atomic mass is 19.1. The van der Waals surface area contributed by atoms with E-state index in [0.29, 0.717) is 36.4 Å². The second kappa shape index (κ2) is 9.41. The number of methoxy groups -OCH3 is 1. The predicted octanol–water partition coefficient (Wildman–Crippen LogP) is 4.86. The molecule has 0 spiro atoms. The first-order valence-electron chi connectivity index (χ1n) is 11.9. The van der Waals surface area contributed by atoms with Gasteiger partial charge in [0, 0.05) is 43.9 Å². The Hall–Kier alpha value is -3.26. The first-order chi connectivity index (χ1) is 16.5. The number of benzene rings is 1. The lowest BCUT2D eigenvalue weighted by Gasteiger charge is -2.47. The van der Waals surface area contributed by atoms with Gasteiger partial charge in [-0.25, -0.2) is 9.37 Å². The zero-order valence-corrected chi connectivity index (χ0v) is 21.1. The fraction of sp³-hybridized carbons (Fsp3) is 0.444. The summed E-state index contributed by atoms with van der Waals surface area (Å²) >= 11 is 0. The van der Waals surface area contributed by atoms with Crippen molar-refractivity contribution in [1.82, 2.24) is 14.8 Å². The number of fused-ring (bicyclic) bond motifs is 1. The highest BCUT2D eigenvalue weighted by Gasteiger charge is 2.40. The largest absolute Gasteiger partial charge is 0.449 e. The van der Waals surface area contributed by atoms with E-state index in [-0.39, 0.29) is 29.3 Å². The van der Waals surface area contributed by atoms with Gasteiger partial charge in [-0.2, -0.15) is 0 Å². The summed E-state index contributed by atoms with van der Waals surface area (Å²) in [5, 5.41) is 0. The van der Waals surface area contributed by atoms with Gasteiger partial charge in [0.25, 0.3) is 11.8 Å². The highest BCUT2D eigenvalue weighted by Crippen LogP contribution is 2.33. The number of pyridine rings is 1. The minimum atomic E-state index is -0.592. The van der Waals surface area contributed by atoms with E-state index in [1.54, 1.807) is 34.9 Å². The van der Waals surface area contributed by atoms with E-state index in [2.05, 4.69) is 0 Å². The van der Waals surface area contributed by atoms with Crippen LogP contribution < -0.4 is 0 Å². The molecular formula is C27H32FN3O4. The number of nitrogens with zero attached hydrogens (tertiary/aromatic N) is 3. The van der Waals surface area contributed by atoms with E-state index in [9.17, 15) is 14.0 Å². The third-order valence-electron chi connectivity index (χ3n) is 6.64. The van der Waals surface area contributed by atoms with Gasteiger partial charge in [-0.1, -0.05) is 13.8 Å². The maximum absolute atomic E-state index is 13.6. The summed E-state index contributed by atoms with van der Waals surface area (Å²) in [5.74, 6) is -0.295. The van der Waals surface area contributed by atoms with E-state index >= 15 is 0 Å². The van der Waals surface area contributed by atoms with Gasteiger partial charge >= 0.3 is 0 Å². The summed E-state index contributed by atoms with van der Waals surface area (Å²) in [7, 11) is 1.51. The van der Waals surface area contributed by atoms with Crippen LogP contribution in [0.1, 0.15) is 56.7 Å². The van der Waals surface area contributed by atoms with Crippen LogP contribution in [0.25, 0.3) is 22.4 Å². The molecule has 3 aromatic rings. The summed E-state index contributed by atoms with van der Waals surface area (Å²) < 4.78 is 24.7. The van der Waals surface area contributed by atoms with Crippen LogP contribution in [0.5, 0.6) is 0 Å². The molecule has 3 heterocycles. The smallest absolute Gasteiger partial charge is 0.290 e. The van der Waals surface area contributed by atoms with Gasteiger partial charge in [-0.15, -0.1) is 0 Å². The lowest BCUT2D eigenvalue weighted by atomic mass is 9.97. The zero-order chi connectivity index (χ0) is 25.5. The second-order valence-electron chi connectivity index (χ2n) is 9.99. The first kappa shape index (κ1) is 24.9. The van der Waals surface area contributed by atoms with E-state index in [1.165, 1.54) is 19.2 Å². The van der Waals surface area contributed by atoms with Crippen LogP contribution >= 0.6 is 0 Å². The molecule has 1 aliphatic heterocycles. The van der Waals surface area contributed by atoms with E-state index < -0.39 is 11.6 Å². The number of hydrogen-bond acceptors (Lipinski definition) is 5. The molecule has 4 rings (SSSR count). The van der Waals surface area contributed by atoms with Gasteiger partial charge in [-0.05, 0) is 57.0 Å². The number of carbonyl (C=O) groups excluding carboxylic acids is 2. The molecule has 0 unspecified atom stereocenters. The molecule has 0 N–H and O–H groups in total. The highest BCUT2D eigenvalue weighted by molar-refractivity contribution is 5.97. The standard InChI is InChI=1S/C27H32FN3O4/c1-16(2)20-13-21(18-7-9-19(28)10-8-18)29-22-14-23(35-24(20)22)26(33)31-12-11-30(15-27(31,4)5)25(32)17(3)34-6/h7-10,13-14,16-17H,11-12,15H2,1-6H3/t17-/m1/s1. The van der Waals surface area contributed by atoms with Crippen LogP contribution in [0, 0.1) is 5.82 Å². The summed E-state index contributed by atoms with van der Waals surface area (Å²) in [4.78, 5) is 34.4. The average Bonchev–Trinajstić information content (AvgIpc) is 3.26.